The summed E-state index contributed by atoms with van der Waals surface area (Å²) in [5.41, 5.74) is 3.76. The first kappa shape index (κ1) is 19.1. The van der Waals surface area contributed by atoms with E-state index in [9.17, 15) is 18.3 Å². The van der Waals surface area contributed by atoms with Gasteiger partial charge in [-0.1, -0.05) is 18.2 Å². The van der Waals surface area contributed by atoms with Gasteiger partial charge in [-0.3, -0.25) is 9.52 Å². The maximum absolute atomic E-state index is 12.3. The Bertz CT molecular complexity index is 1080. The van der Waals surface area contributed by atoms with Crippen LogP contribution in [0.25, 0.3) is 0 Å². The lowest BCUT2D eigenvalue weighted by molar-refractivity contribution is 0.0955. The van der Waals surface area contributed by atoms with Crippen molar-refractivity contribution in [3.05, 3.63) is 90.0 Å². The molecule has 0 unspecified atom stereocenters. The third-order valence-electron chi connectivity index (χ3n) is 3.73. The molecule has 0 fully saturated rings. The zero-order valence-electron chi connectivity index (χ0n) is 14.6. The minimum absolute atomic E-state index is 0.143. The van der Waals surface area contributed by atoms with Crippen LogP contribution in [-0.4, -0.2) is 25.6 Å². The first-order valence-corrected chi connectivity index (χ1v) is 9.73. The summed E-state index contributed by atoms with van der Waals surface area (Å²) in [6, 6.07) is 20.3. The number of nitrogens with zero attached hydrogens (tertiary/aromatic N) is 1. The van der Waals surface area contributed by atoms with Gasteiger partial charge in [-0.05, 0) is 66.2 Å². The van der Waals surface area contributed by atoms with Gasteiger partial charge in [-0.2, -0.15) is 5.10 Å². The zero-order valence-corrected chi connectivity index (χ0v) is 15.4. The summed E-state index contributed by atoms with van der Waals surface area (Å²) in [4.78, 5) is 12.3. The summed E-state index contributed by atoms with van der Waals surface area (Å²) in [5, 5.41) is 13.1. The number of nitrogens with one attached hydrogen (secondary N) is 2. The molecule has 7 nitrogen and oxygen atoms in total. The minimum atomic E-state index is -3.69. The van der Waals surface area contributed by atoms with Crippen molar-refractivity contribution in [1.29, 1.82) is 0 Å². The summed E-state index contributed by atoms with van der Waals surface area (Å²) < 4.78 is 27.0. The summed E-state index contributed by atoms with van der Waals surface area (Å²) in [6.07, 6.45) is 1.44. The lowest BCUT2D eigenvalue weighted by Gasteiger charge is -2.08. The van der Waals surface area contributed by atoms with Crippen molar-refractivity contribution in [1.82, 2.24) is 5.43 Å². The van der Waals surface area contributed by atoms with Gasteiger partial charge in [-0.25, -0.2) is 13.8 Å². The molecule has 0 aliphatic carbocycles. The number of phenols is 1. The Morgan fingerprint density at radius 1 is 0.893 bits per heavy atom. The van der Waals surface area contributed by atoms with Gasteiger partial charge in [-0.15, -0.1) is 0 Å². The number of phenolic OH excluding ortho intramolecular Hbond substituents is 1. The third kappa shape index (κ3) is 4.95. The maximum Gasteiger partial charge on any atom is 0.271 e. The topological polar surface area (TPSA) is 108 Å². The van der Waals surface area contributed by atoms with Crippen molar-refractivity contribution in [3.8, 4) is 5.75 Å². The van der Waals surface area contributed by atoms with E-state index in [0.29, 0.717) is 16.8 Å². The highest BCUT2D eigenvalue weighted by atomic mass is 32.2. The zero-order chi connectivity index (χ0) is 20.0. The number of anilines is 1. The van der Waals surface area contributed by atoms with E-state index in [1.54, 1.807) is 30.3 Å². The largest absolute Gasteiger partial charge is 0.508 e. The molecule has 3 N–H and O–H groups in total. The number of aromatic hydroxyl groups is 1. The second kappa shape index (κ2) is 8.36. The maximum atomic E-state index is 12.3. The number of hydrazone groups is 1. The third-order valence-corrected chi connectivity index (χ3v) is 5.12. The molecule has 0 aliphatic rings. The summed E-state index contributed by atoms with van der Waals surface area (Å²) in [7, 11) is -3.69. The first-order valence-electron chi connectivity index (χ1n) is 8.24. The molecule has 0 aliphatic heterocycles. The van der Waals surface area contributed by atoms with E-state index in [-0.39, 0.29) is 10.6 Å². The molecule has 0 aromatic heterocycles. The van der Waals surface area contributed by atoms with Gasteiger partial charge in [0.2, 0.25) is 0 Å². The number of carbonyl (C=O) groups excluding carboxylic acids is 1. The standard InChI is InChI=1S/C20H17N3O4S/c24-18-12-6-15(7-13-18)14-21-22-20(25)16-8-10-17(11-9-16)23-28(26,27)19-4-2-1-3-5-19/h1-14,23-24H,(H,22,25)/b21-14+. The molecule has 0 spiro atoms. The van der Waals surface area contributed by atoms with Crippen LogP contribution >= 0.6 is 0 Å². The molecule has 0 atom stereocenters. The van der Waals surface area contributed by atoms with Crippen LogP contribution in [0.5, 0.6) is 5.75 Å². The SMILES string of the molecule is O=C(N/N=C/c1ccc(O)cc1)c1ccc(NS(=O)(=O)c2ccccc2)cc1. The molecular weight excluding hydrogens is 378 g/mol. The fraction of sp³-hybridized carbons (Fsp3) is 0. The number of hydrogen-bond donors (Lipinski definition) is 3. The molecule has 3 rings (SSSR count). The molecular formula is C20H17N3O4S. The normalized spacial score (nSPS) is 11.3. The lowest BCUT2D eigenvalue weighted by atomic mass is 10.2. The quantitative estimate of drug-likeness (QED) is 0.440. The summed E-state index contributed by atoms with van der Waals surface area (Å²) >= 11 is 0. The monoisotopic (exact) mass is 395 g/mol. The average molecular weight is 395 g/mol. The van der Waals surface area contributed by atoms with E-state index >= 15 is 0 Å². The molecule has 28 heavy (non-hydrogen) atoms. The van der Waals surface area contributed by atoms with Crippen LogP contribution in [0.2, 0.25) is 0 Å². The molecule has 3 aromatic carbocycles. The Morgan fingerprint density at radius 3 is 2.18 bits per heavy atom. The number of rotatable bonds is 6. The molecule has 0 saturated heterocycles. The predicted octanol–water partition coefficient (Wildman–Crippen LogP) is 2.96. The Balaban J connectivity index is 1.62. The van der Waals surface area contributed by atoms with E-state index in [1.807, 2.05) is 0 Å². The number of sulfonamides is 1. The highest BCUT2D eigenvalue weighted by molar-refractivity contribution is 7.92. The molecule has 0 heterocycles. The number of benzene rings is 3. The van der Waals surface area contributed by atoms with Crippen molar-refractivity contribution >= 4 is 27.8 Å². The average Bonchev–Trinajstić information content (AvgIpc) is 2.70. The number of carbonyl (C=O) groups is 1. The second-order valence-electron chi connectivity index (χ2n) is 5.79. The van der Waals surface area contributed by atoms with E-state index in [4.69, 9.17) is 0 Å². The predicted molar refractivity (Wildman–Crippen MR) is 107 cm³/mol. The van der Waals surface area contributed by atoms with Gasteiger partial charge in [0.15, 0.2) is 0 Å². The molecule has 3 aromatic rings. The van der Waals surface area contributed by atoms with Crippen LogP contribution in [0.1, 0.15) is 15.9 Å². The highest BCUT2D eigenvalue weighted by Gasteiger charge is 2.13. The fourth-order valence-corrected chi connectivity index (χ4v) is 3.37. The van der Waals surface area contributed by atoms with Crippen LogP contribution in [0.4, 0.5) is 5.69 Å². The van der Waals surface area contributed by atoms with Crippen LogP contribution in [-0.2, 0) is 10.0 Å². The second-order valence-corrected chi connectivity index (χ2v) is 7.47. The number of amides is 1. The van der Waals surface area contributed by atoms with E-state index < -0.39 is 15.9 Å². The van der Waals surface area contributed by atoms with Crippen molar-refractivity contribution in [2.75, 3.05) is 4.72 Å². The Kier molecular flexibility index (Phi) is 5.71. The Hall–Kier alpha value is -3.65. The van der Waals surface area contributed by atoms with E-state index in [2.05, 4.69) is 15.2 Å². The molecule has 0 radical (unpaired) electrons. The molecule has 0 saturated carbocycles. The minimum Gasteiger partial charge on any atom is -0.508 e. The van der Waals surface area contributed by atoms with Crippen molar-refractivity contribution in [2.45, 2.75) is 4.90 Å². The molecule has 1 amide bonds. The lowest BCUT2D eigenvalue weighted by Crippen LogP contribution is -2.18. The smallest absolute Gasteiger partial charge is 0.271 e. The summed E-state index contributed by atoms with van der Waals surface area (Å²) in [5.74, 6) is -0.295. The fourth-order valence-electron chi connectivity index (χ4n) is 2.29. The van der Waals surface area contributed by atoms with E-state index in [1.165, 1.54) is 54.7 Å². The molecule has 142 valence electrons. The van der Waals surface area contributed by atoms with Crippen LogP contribution in [0.15, 0.2) is 88.9 Å². The highest BCUT2D eigenvalue weighted by Crippen LogP contribution is 2.16. The van der Waals surface area contributed by atoms with Gasteiger partial charge < -0.3 is 5.11 Å². The van der Waals surface area contributed by atoms with Gasteiger partial charge in [0.05, 0.1) is 11.1 Å². The van der Waals surface area contributed by atoms with Gasteiger partial charge in [0.1, 0.15) is 5.75 Å². The number of hydrogen-bond acceptors (Lipinski definition) is 5. The van der Waals surface area contributed by atoms with Crippen molar-refractivity contribution in [3.63, 3.8) is 0 Å². The van der Waals surface area contributed by atoms with Gasteiger partial charge in [0.25, 0.3) is 15.9 Å². The van der Waals surface area contributed by atoms with Crippen molar-refractivity contribution in [2.24, 2.45) is 5.10 Å². The van der Waals surface area contributed by atoms with Crippen LogP contribution in [0, 0.1) is 0 Å². The van der Waals surface area contributed by atoms with Gasteiger partial charge >= 0.3 is 0 Å². The van der Waals surface area contributed by atoms with Gasteiger partial charge in [0, 0.05) is 11.3 Å². The summed E-state index contributed by atoms with van der Waals surface area (Å²) in [6.45, 7) is 0. The Labute approximate surface area is 162 Å². The Morgan fingerprint density at radius 2 is 1.54 bits per heavy atom. The van der Waals surface area contributed by atoms with Crippen LogP contribution in [0.3, 0.4) is 0 Å². The molecule has 0 bridgehead atoms. The first-order chi connectivity index (χ1) is 13.4. The van der Waals surface area contributed by atoms with E-state index in [0.717, 1.165) is 0 Å². The molecule has 8 heteroatoms. The van der Waals surface area contributed by atoms with Crippen molar-refractivity contribution < 1.29 is 18.3 Å². The van der Waals surface area contributed by atoms with Crippen LogP contribution < -0.4 is 10.1 Å².